The van der Waals surface area contributed by atoms with Crippen LogP contribution in [0.15, 0.2) is 12.1 Å². The van der Waals surface area contributed by atoms with Crippen LogP contribution in [0.4, 0.5) is 13.2 Å². The fraction of sp³-hybridized carbons (Fsp3) is 0.500. The highest BCUT2D eigenvalue weighted by Gasteiger charge is 2.18. The zero-order valence-electron chi connectivity index (χ0n) is 10.0. The molecule has 0 amide bonds. The molecule has 1 aromatic rings. The fourth-order valence-corrected chi connectivity index (χ4v) is 1.31. The van der Waals surface area contributed by atoms with Gasteiger partial charge in [0.15, 0.2) is 11.6 Å². The molecule has 96 valence electrons. The molecule has 1 unspecified atom stereocenters. The van der Waals surface area contributed by atoms with E-state index in [9.17, 15) is 18.3 Å². The Morgan fingerprint density at radius 1 is 1.12 bits per heavy atom. The van der Waals surface area contributed by atoms with Gasteiger partial charge in [-0.15, -0.1) is 0 Å². The van der Waals surface area contributed by atoms with Crippen molar-refractivity contribution in [2.75, 3.05) is 6.54 Å². The summed E-state index contributed by atoms with van der Waals surface area (Å²) in [6, 6.07) is 1.12. The predicted molar refractivity (Wildman–Crippen MR) is 59.0 cm³/mol. The highest BCUT2D eigenvalue weighted by atomic mass is 19.2. The first-order chi connectivity index (χ1) is 7.70. The molecule has 0 aliphatic carbocycles. The Balaban J connectivity index is 2.82. The van der Waals surface area contributed by atoms with Crippen molar-refractivity contribution < 1.29 is 18.3 Å². The molecular weight excluding hydrogens is 231 g/mol. The van der Waals surface area contributed by atoms with Gasteiger partial charge in [-0.3, -0.25) is 0 Å². The molecule has 1 atom stereocenters. The van der Waals surface area contributed by atoms with Crippen LogP contribution in [0, 0.1) is 17.5 Å². The smallest absolute Gasteiger partial charge is 0.161 e. The summed E-state index contributed by atoms with van der Waals surface area (Å²) < 4.78 is 38.9. The number of β-amino-alcohol motifs (C(OH)–C–C–N with tert-alkyl or cyclic N) is 1. The minimum Gasteiger partial charge on any atom is -0.387 e. The average molecular weight is 247 g/mol. The molecule has 1 rings (SSSR count). The Labute approximate surface area is 98.5 Å². The maximum Gasteiger partial charge on any atom is 0.161 e. The molecule has 0 saturated heterocycles. The third-order valence-electron chi connectivity index (χ3n) is 2.22. The number of rotatable bonds is 3. The largest absolute Gasteiger partial charge is 0.387 e. The lowest BCUT2D eigenvalue weighted by atomic mass is 10.1. The van der Waals surface area contributed by atoms with Gasteiger partial charge in [-0.2, -0.15) is 0 Å². The average Bonchev–Trinajstić information content (AvgIpc) is 2.19. The number of nitrogens with one attached hydrogen (secondary N) is 1. The van der Waals surface area contributed by atoms with E-state index in [2.05, 4.69) is 5.32 Å². The molecule has 0 aromatic heterocycles. The molecule has 0 saturated carbocycles. The van der Waals surface area contributed by atoms with E-state index in [1.165, 1.54) is 0 Å². The Morgan fingerprint density at radius 2 is 1.65 bits per heavy atom. The zero-order valence-corrected chi connectivity index (χ0v) is 10.0. The minimum absolute atomic E-state index is 0.0610. The number of aliphatic hydroxyl groups is 1. The van der Waals surface area contributed by atoms with Crippen LogP contribution in [0.1, 0.15) is 32.4 Å². The SMILES string of the molecule is CC(C)(C)NCC(O)c1cc(F)c(F)cc1F. The van der Waals surface area contributed by atoms with Crippen LogP contribution in [-0.4, -0.2) is 17.2 Å². The number of benzene rings is 1. The summed E-state index contributed by atoms with van der Waals surface area (Å²) in [5.74, 6) is -3.38. The van der Waals surface area contributed by atoms with Crippen molar-refractivity contribution in [3.05, 3.63) is 35.1 Å². The Morgan fingerprint density at radius 3 is 2.18 bits per heavy atom. The molecule has 0 aliphatic heterocycles. The van der Waals surface area contributed by atoms with E-state index in [1.54, 1.807) is 0 Å². The third kappa shape index (κ3) is 4.02. The fourth-order valence-electron chi connectivity index (χ4n) is 1.31. The molecule has 2 nitrogen and oxygen atoms in total. The maximum atomic E-state index is 13.3. The van der Waals surface area contributed by atoms with Gasteiger partial charge in [0, 0.05) is 23.7 Å². The van der Waals surface area contributed by atoms with Gasteiger partial charge in [-0.25, -0.2) is 13.2 Å². The molecule has 0 heterocycles. The van der Waals surface area contributed by atoms with Crippen molar-refractivity contribution in [3.63, 3.8) is 0 Å². The Kier molecular flexibility index (Phi) is 4.16. The van der Waals surface area contributed by atoms with Crippen molar-refractivity contribution in [1.82, 2.24) is 5.32 Å². The Hall–Kier alpha value is -1.07. The van der Waals surface area contributed by atoms with Gasteiger partial charge in [0.1, 0.15) is 5.82 Å². The Bertz CT molecular complexity index is 401. The van der Waals surface area contributed by atoms with E-state index in [1.807, 2.05) is 20.8 Å². The number of hydrogen-bond donors (Lipinski definition) is 2. The molecule has 0 fully saturated rings. The third-order valence-corrected chi connectivity index (χ3v) is 2.22. The summed E-state index contributed by atoms with van der Waals surface area (Å²) in [6.07, 6.45) is -1.22. The number of aliphatic hydroxyl groups excluding tert-OH is 1. The van der Waals surface area contributed by atoms with Gasteiger partial charge >= 0.3 is 0 Å². The lowest BCUT2D eigenvalue weighted by Gasteiger charge is -2.23. The summed E-state index contributed by atoms with van der Waals surface area (Å²) >= 11 is 0. The molecule has 0 aliphatic rings. The van der Waals surface area contributed by atoms with Crippen LogP contribution in [-0.2, 0) is 0 Å². The summed E-state index contributed by atoms with van der Waals surface area (Å²) in [5, 5.41) is 12.6. The van der Waals surface area contributed by atoms with Crippen LogP contribution >= 0.6 is 0 Å². The molecule has 2 N–H and O–H groups in total. The van der Waals surface area contributed by atoms with E-state index < -0.39 is 23.6 Å². The quantitative estimate of drug-likeness (QED) is 0.804. The van der Waals surface area contributed by atoms with Gasteiger partial charge in [-0.05, 0) is 26.8 Å². The van der Waals surface area contributed by atoms with E-state index in [0.717, 1.165) is 0 Å². The first-order valence-corrected chi connectivity index (χ1v) is 5.28. The summed E-state index contributed by atoms with van der Waals surface area (Å²) in [4.78, 5) is 0. The monoisotopic (exact) mass is 247 g/mol. The highest BCUT2D eigenvalue weighted by Crippen LogP contribution is 2.20. The van der Waals surface area contributed by atoms with Gasteiger partial charge in [0.2, 0.25) is 0 Å². The van der Waals surface area contributed by atoms with Crippen molar-refractivity contribution in [2.45, 2.75) is 32.4 Å². The molecule has 0 spiro atoms. The lowest BCUT2D eigenvalue weighted by Crippen LogP contribution is -2.38. The standard InChI is InChI=1S/C12H16F3NO/c1-12(2,3)16-6-11(17)7-4-9(14)10(15)5-8(7)13/h4-5,11,16-17H,6H2,1-3H3. The van der Waals surface area contributed by atoms with Crippen LogP contribution in [0.3, 0.4) is 0 Å². The van der Waals surface area contributed by atoms with Crippen LogP contribution in [0.25, 0.3) is 0 Å². The molecule has 1 aromatic carbocycles. The molecule has 17 heavy (non-hydrogen) atoms. The zero-order chi connectivity index (χ0) is 13.2. The predicted octanol–water partition coefficient (Wildman–Crippen LogP) is 2.53. The van der Waals surface area contributed by atoms with E-state index in [4.69, 9.17) is 0 Å². The van der Waals surface area contributed by atoms with E-state index in [0.29, 0.717) is 12.1 Å². The lowest BCUT2D eigenvalue weighted by molar-refractivity contribution is 0.158. The second-order valence-corrected chi connectivity index (χ2v) is 4.93. The van der Waals surface area contributed by atoms with Crippen molar-refractivity contribution in [2.24, 2.45) is 0 Å². The van der Waals surface area contributed by atoms with Crippen LogP contribution in [0.2, 0.25) is 0 Å². The molecule has 0 radical (unpaired) electrons. The van der Waals surface area contributed by atoms with Crippen LogP contribution in [0.5, 0.6) is 0 Å². The normalized spacial score (nSPS) is 13.8. The second kappa shape index (κ2) is 5.06. The van der Waals surface area contributed by atoms with Crippen LogP contribution < -0.4 is 5.32 Å². The van der Waals surface area contributed by atoms with Gasteiger partial charge < -0.3 is 10.4 Å². The highest BCUT2D eigenvalue weighted by molar-refractivity contribution is 5.22. The maximum absolute atomic E-state index is 13.3. The molecular formula is C12H16F3NO. The molecule has 0 bridgehead atoms. The van der Waals surface area contributed by atoms with Crippen molar-refractivity contribution in [3.8, 4) is 0 Å². The summed E-state index contributed by atoms with van der Waals surface area (Å²) in [5.41, 5.74) is -0.503. The number of halogens is 3. The first-order valence-electron chi connectivity index (χ1n) is 5.28. The van der Waals surface area contributed by atoms with E-state index in [-0.39, 0.29) is 17.6 Å². The first kappa shape index (κ1) is 14.0. The molecule has 5 heteroatoms. The minimum atomic E-state index is -1.26. The second-order valence-electron chi connectivity index (χ2n) is 4.93. The summed E-state index contributed by atoms with van der Waals surface area (Å²) in [7, 11) is 0. The van der Waals surface area contributed by atoms with E-state index >= 15 is 0 Å². The number of hydrogen-bond acceptors (Lipinski definition) is 2. The van der Waals surface area contributed by atoms with Gasteiger partial charge in [-0.1, -0.05) is 0 Å². The topological polar surface area (TPSA) is 32.3 Å². The summed E-state index contributed by atoms with van der Waals surface area (Å²) in [6.45, 7) is 5.69. The van der Waals surface area contributed by atoms with Gasteiger partial charge in [0.05, 0.1) is 6.10 Å². The van der Waals surface area contributed by atoms with Crippen molar-refractivity contribution >= 4 is 0 Å². The van der Waals surface area contributed by atoms with Crippen molar-refractivity contribution in [1.29, 1.82) is 0 Å². The van der Waals surface area contributed by atoms with Gasteiger partial charge in [0.25, 0.3) is 0 Å².